The summed E-state index contributed by atoms with van der Waals surface area (Å²) >= 11 is 0. The molecule has 0 saturated carbocycles. The van der Waals surface area contributed by atoms with Gasteiger partial charge in [0.2, 0.25) is 0 Å². The van der Waals surface area contributed by atoms with Crippen molar-refractivity contribution in [2.24, 2.45) is 0 Å². The molecule has 1 aromatic heterocycles. The van der Waals surface area contributed by atoms with E-state index in [1.165, 1.54) is 12.1 Å². The van der Waals surface area contributed by atoms with Crippen molar-refractivity contribution in [2.45, 2.75) is 19.5 Å². The normalized spacial score (nSPS) is 11.5. The number of aromatic nitrogens is 4. The van der Waals surface area contributed by atoms with Crippen LogP contribution in [-0.2, 0) is 10.9 Å². The van der Waals surface area contributed by atoms with Crippen molar-refractivity contribution in [2.75, 3.05) is 19.8 Å². The number of carbonyl (C=O) groups is 1. The predicted octanol–water partition coefficient (Wildman–Crippen LogP) is 1.84. The zero-order chi connectivity index (χ0) is 17.6. The average Bonchev–Trinajstić information content (AvgIpc) is 3.04. The molecule has 0 fully saturated rings. The van der Waals surface area contributed by atoms with E-state index in [4.69, 9.17) is 4.74 Å². The Bertz CT molecular complexity index is 670. The van der Waals surface area contributed by atoms with Crippen LogP contribution in [0.15, 0.2) is 24.3 Å². The van der Waals surface area contributed by atoms with E-state index in [1.807, 2.05) is 6.92 Å². The largest absolute Gasteiger partial charge is 0.416 e. The fourth-order valence-corrected chi connectivity index (χ4v) is 1.80. The van der Waals surface area contributed by atoms with Crippen LogP contribution in [0.3, 0.4) is 0 Å². The lowest BCUT2D eigenvalue weighted by Crippen LogP contribution is -2.26. The molecule has 1 aromatic carbocycles. The van der Waals surface area contributed by atoms with Gasteiger partial charge < -0.3 is 10.1 Å². The van der Waals surface area contributed by atoms with Crippen LogP contribution < -0.4 is 5.32 Å². The third kappa shape index (κ3) is 4.75. The molecule has 0 spiro atoms. The quantitative estimate of drug-likeness (QED) is 0.776. The minimum atomic E-state index is -4.42. The van der Waals surface area contributed by atoms with E-state index in [0.717, 1.165) is 16.9 Å². The van der Waals surface area contributed by atoms with Gasteiger partial charge in [-0.1, -0.05) is 0 Å². The number of ether oxygens (including phenoxy) is 1. The third-order valence-electron chi connectivity index (χ3n) is 3.00. The first-order valence-electron chi connectivity index (χ1n) is 7.25. The molecule has 2 aromatic rings. The Balaban J connectivity index is 1.96. The van der Waals surface area contributed by atoms with Gasteiger partial charge >= 0.3 is 6.18 Å². The van der Waals surface area contributed by atoms with Crippen LogP contribution in [0.1, 0.15) is 29.5 Å². The zero-order valence-electron chi connectivity index (χ0n) is 12.9. The van der Waals surface area contributed by atoms with Crippen molar-refractivity contribution < 1.29 is 22.7 Å². The number of alkyl halides is 3. The van der Waals surface area contributed by atoms with Gasteiger partial charge in [0.25, 0.3) is 11.7 Å². The maximum Gasteiger partial charge on any atom is 0.416 e. The Kier molecular flexibility index (Phi) is 5.85. The third-order valence-corrected chi connectivity index (χ3v) is 3.00. The fourth-order valence-electron chi connectivity index (χ4n) is 1.80. The number of hydrogen-bond acceptors (Lipinski definition) is 5. The zero-order valence-corrected chi connectivity index (χ0v) is 12.9. The summed E-state index contributed by atoms with van der Waals surface area (Å²) in [6, 6.07) is 4.22. The highest BCUT2D eigenvalue weighted by Gasteiger charge is 2.30. The molecule has 1 heterocycles. The highest BCUT2D eigenvalue weighted by Crippen LogP contribution is 2.29. The van der Waals surface area contributed by atoms with Gasteiger partial charge in [0.05, 0.1) is 11.3 Å². The summed E-state index contributed by atoms with van der Waals surface area (Å²) in [7, 11) is 0. The Morgan fingerprint density at radius 1 is 1.29 bits per heavy atom. The highest BCUT2D eigenvalue weighted by atomic mass is 19.4. The molecule has 10 heteroatoms. The molecule has 1 N–H and O–H groups in total. The second kappa shape index (κ2) is 7.86. The molecule has 0 bridgehead atoms. The summed E-state index contributed by atoms with van der Waals surface area (Å²) in [4.78, 5) is 12.8. The van der Waals surface area contributed by atoms with Crippen LogP contribution in [0, 0.1) is 0 Å². The van der Waals surface area contributed by atoms with E-state index in [0.29, 0.717) is 26.2 Å². The molecular formula is C14H16F3N5O2. The lowest BCUT2D eigenvalue weighted by atomic mass is 10.2. The first-order chi connectivity index (χ1) is 11.4. The molecule has 0 aliphatic carbocycles. The summed E-state index contributed by atoms with van der Waals surface area (Å²) in [5, 5.41) is 13.7. The van der Waals surface area contributed by atoms with Crippen LogP contribution in [0.5, 0.6) is 0 Å². The molecule has 0 aliphatic heterocycles. The van der Waals surface area contributed by atoms with Crippen molar-refractivity contribution >= 4 is 5.91 Å². The van der Waals surface area contributed by atoms with E-state index in [9.17, 15) is 18.0 Å². The fraction of sp³-hybridized carbons (Fsp3) is 0.429. The Hall–Kier alpha value is -2.49. The van der Waals surface area contributed by atoms with Crippen LogP contribution in [0.4, 0.5) is 13.2 Å². The van der Waals surface area contributed by atoms with E-state index < -0.39 is 17.6 Å². The monoisotopic (exact) mass is 343 g/mol. The van der Waals surface area contributed by atoms with Gasteiger partial charge in [0.1, 0.15) is 0 Å². The molecule has 0 unspecified atom stereocenters. The first-order valence-corrected chi connectivity index (χ1v) is 7.25. The number of benzene rings is 1. The number of nitrogens with one attached hydrogen (secondary N) is 1. The van der Waals surface area contributed by atoms with E-state index >= 15 is 0 Å². The molecule has 0 aliphatic rings. The number of rotatable bonds is 7. The summed E-state index contributed by atoms with van der Waals surface area (Å²) < 4.78 is 42.7. The molecule has 1 amide bonds. The van der Waals surface area contributed by atoms with Gasteiger partial charge in [-0.15, -0.1) is 15.0 Å². The predicted molar refractivity (Wildman–Crippen MR) is 77.6 cm³/mol. The van der Waals surface area contributed by atoms with Crippen LogP contribution in [0.2, 0.25) is 0 Å². The number of tetrazole rings is 1. The summed E-state index contributed by atoms with van der Waals surface area (Å²) in [6.07, 6.45) is -3.77. The lowest BCUT2D eigenvalue weighted by molar-refractivity contribution is -0.137. The Labute approximate surface area is 135 Å². The summed E-state index contributed by atoms with van der Waals surface area (Å²) in [6.45, 7) is 3.41. The van der Waals surface area contributed by atoms with Crippen molar-refractivity contribution in [1.29, 1.82) is 0 Å². The number of nitrogens with zero attached hydrogens (tertiary/aromatic N) is 4. The second-order valence-electron chi connectivity index (χ2n) is 4.75. The van der Waals surface area contributed by atoms with E-state index in [1.54, 1.807) is 0 Å². The van der Waals surface area contributed by atoms with Crippen LogP contribution in [-0.4, -0.2) is 45.9 Å². The first kappa shape index (κ1) is 17.9. The molecule has 0 saturated heterocycles. The Morgan fingerprint density at radius 3 is 2.62 bits per heavy atom. The van der Waals surface area contributed by atoms with Gasteiger partial charge in [0, 0.05) is 19.8 Å². The van der Waals surface area contributed by atoms with Crippen molar-refractivity contribution in [3.63, 3.8) is 0 Å². The van der Waals surface area contributed by atoms with Crippen molar-refractivity contribution in [1.82, 2.24) is 25.5 Å². The average molecular weight is 343 g/mol. The highest BCUT2D eigenvalue weighted by molar-refractivity contribution is 5.90. The van der Waals surface area contributed by atoms with E-state index in [2.05, 4.69) is 20.7 Å². The maximum absolute atomic E-state index is 12.5. The number of amides is 1. The van der Waals surface area contributed by atoms with Crippen molar-refractivity contribution in [3.05, 3.63) is 35.7 Å². The van der Waals surface area contributed by atoms with Crippen LogP contribution >= 0.6 is 0 Å². The van der Waals surface area contributed by atoms with Gasteiger partial charge in [0.15, 0.2) is 0 Å². The lowest BCUT2D eigenvalue weighted by Gasteiger charge is -2.06. The van der Waals surface area contributed by atoms with Crippen molar-refractivity contribution in [3.8, 4) is 5.69 Å². The summed E-state index contributed by atoms with van der Waals surface area (Å²) in [5.41, 5.74) is -0.510. The SMILES string of the molecule is CCOCCCNC(=O)c1nnn(-c2ccc(C(F)(F)F)cc2)n1. The van der Waals surface area contributed by atoms with Crippen LogP contribution in [0.25, 0.3) is 5.69 Å². The topological polar surface area (TPSA) is 81.9 Å². The van der Waals surface area contributed by atoms with Gasteiger partial charge in [-0.3, -0.25) is 4.79 Å². The van der Waals surface area contributed by atoms with E-state index in [-0.39, 0.29) is 11.5 Å². The molecule has 2 rings (SSSR count). The molecular weight excluding hydrogens is 327 g/mol. The maximum atomic E-state index is 12.5. The number of hydrogen-bond donors (Lipinski definition) is 1. The number of carbonyl (C=O) groups excluding carboxylic acids is 1. The van der Waals surface area contributed by atoms with Gasteiger partial charge in [-0.2, -0.15) is 13.2 Å². The minimum absolute atomic E-state index is 0.161. The number of halogens is 3. The standard InChI is InChI=1S/C14H16F3N5O2/c1-2-24-9-3-8-18-13(23)12-19-21-22(20-12)11-6-4-10(5-7-11)14(15,16)17/h4-7H,2-3,8-9H2,1H3,(H,18,23). The van der Waals surface area contributed by atoms with Gasteiger partial charge in [-0.05, 0) is 42.8 Å². The van der Waals surface area contributed by atoms with Gasteiger partial charge in [-0.25, -0.2) is 0 Å². The molecule has 130 valence electrons. The summed E-state index contributed by atoms with van der Waals surface area (Å²) in [5.74, 6) is -0.670. The molecule has 7 nitrogen and oxygen atoms in total. The molecule has 0 atom stereocenters. The molecule has 24 heavy (non-hydrogen) atoms. The smallest absolute Gasteiger partial charge is 0.382 e. The Morgan fingerprint density at radius 2 is 2.00 bits per heavy atom. The molecule has 0 radical (unpaired) electrons. The second-order valence-corrected chi connectivity index (χ2v) is 4.75. The minimum Gasteiger partial charge on any atom is -0.382 e.